The topological polar surface area (TPSA) is 70.7 Å². The molecule has 3 aromatic rings. The highest BCUT2D eigenvalue weighted by Gasteiger charge is 2.37. The van der Waals surface area contributed by atoms with Crippen LogP contribution in [0.1, 0.15) is 52.9 Å². The van der Waals surface area contributed by atoms with Crippen molar-refractivity contribution < 1.29 is 18.4 Å². The number of hydrogen-bond donors (Lipinski definition) is 0. The Balaban J connectivity index is 2.09. The van der Waals surface area contributed by atoms with Crippen molar-refractivity contribution in [1.82, 2.24) is 4.57 Å². The van der Waals surface area contributed by atoms with Crippen molar-refractivity contribution in [1.29, 1.82) is 0 Å². The van der Waals surface area contributed by atoms with E-state index in [2.05, 4.69) is 33.9 Å². The van der Waals surface area contributed by atoms with Gasteiger partial charge in [0, 0.05) is 28.8 Å². The molecule has 1 aromatic carbocycles. The monoisotopic (exact) mass is 469 g/mol. The molecule has 0 atom stereocenters. The third kappa shape index (κ3) is 5.30. The summed E-state index contributed by atoms with van der Waals surface area (Å²) in [4.78, 5) is 25.7. The predicted molar refractivity (Wildman–Crippen MR) is 134 cm³/mol. The molecule has 0 fully saturated rings. The summed E-state index contributed by atoms with van der Waals surface area (Å²) in [6.07, 6.45) is 1.20. The van der Waals surface area contributed by atoms with E-state index in [9.17, 15) is 9.59 Å². The van der Waals surface area contributed by atoms with Crippen LogP contribution in [0.2, 0.25) is 18.1 Å². The summed E-state index contributed by atoms with van der Waals surface area (Å²) in [7, 11) is -2.02. The molecule has 178 valence electrons. The zero-order chi connectivity index (χ0) is 24.8. The number of fused-ring (bicyclic) bond motifs is 1. The van der Waals surface area contributed by atoms with E-state index < -0.39 is 20.0 Å². The third-order valence-electron chi connectivity index (χ3n) is 6.16. The van der Waals surface area contributed by atoms with Crippen LogP contribution >= 0.6 is 0 Å². The van der Waals surface area contributed by atoms with Gasteiger partial charge < -0.3 is 13.6 Å². The van der Waals surface area contributed by atoms with Crippen LogP contribution in [-0.4, -0.2) is 24.6 Å². The van der Waals surface area contributed by atoms with Gasteiger partial charge in [-0.3, -0.25) is 9.36 Å². The lowest BCUT2D eigenvalue weighted by molar-refractivity contribution is 0.0544. The lowest BCUT2D eigenvalue weighted by Crippen LogP contribution is -2.40. The molecular weight excluding hydrogens is 434 g/mol. The molecule has 6 nitrogen and oxygen atoms in total. The molecule has 33 heavy (non-hydrogen) atoms. The van der Waals surface area contributed by atoms with Gasteiger partial charge in [-0.2, -0.15) is 0 Å². The molecule has 0 N–H and O–H groups in total. The van der Waals surface area contributed by atoms with Gasteiger partial charge in [-0.15, -0.1) is 0 Å². The number of carbonyl (C=O) groups excluding carboxylic acids is 1. The van der Waals surface area contributed by atoms with E-state index in [1.54, 1.807) is 13.1 Å². The van der Waals surface area contributed by atoms with E-state index in [-0.39, 0.29) is 17.1 Å². The molecule has 0 aliphatic rings. The number of carbonyl (C=O) groups is 1. The Morgan fingerprint density at radius 3 is 2.33 bits per heavy atom. The Bertz CT molecular complexity index is 1240. The predicted octanol–water partition coefficient (Wildman–Crippen LogP) is 6.87. The lowest BCUT2D eigenvalue weighted by Gasteiger charge is -2.35. The largest absolute Gasteiger partial charge is 0.458 e. The van der Waals surface area contributed by atoms with Crippen LogP contribution in [0.15, 0.2) is 45.7 Å². The molecule has 3 rings (SSSR count). The van der Waals surface area contributed by atoms with Gasteiger partial charge in [0.15, 0.2) is 13.7 Å². The van der Waals surface area contributed by atoms with Crippen molar-refractivity contribution in [2.24, 2.45) is 0 Å². The minimum Gasteiger partial charge on any atom is -0.458 e. The number of aromatic nitrogens is 1. The first-order chi connectivity index (χ1) is 15.1. The molecule has 0 unspecified atom stereocenters. The first-order valence-electron chi connectivity index (χ1n) is 11.2. The molecule has 2 heterocycles. The number of para-hydroxylation sites is 1. The Hall–Kier alpha value is -2.64. The maximum Gasteiger partial charge on any atom is 0.419 e. The Kier molecular flexibility index (Phi) is 6.52. The number of nitrogens with zero attached hydrogens (tertiary/aromatic N) is 1. The van der Waals surface area contributed by atoms with Crippen LogP contribution in [0, 0.1) is 6.92 Å². The summed E-state index contributed by atoms with van der Waals surface area (Å²) in [5, 5.41) is 0.846. The third-order valence-corrected chi connectivity index (χ3v) is 10.6. The Labute approximate surface area is 196 Å². The average molecular weight is 470 g/mol. The molecule has 0 radical (unpaired) electrons. The van der Waals surface area contributed by atoms with Crippen LogP contribution in [-0.2, 0) is 15.8 Å². The van der Waals surface area contributed by atoms with Crippen LogP contribution < -0.4 is 5.43 Å². The van der Waals surface area contributed by atoms with E-state index in [1.807, 2.05) is 45.0 Å². The minimum atomic E-state index is -2.02. The minimum absolute atomic E-state index is 0.0433. The molecule has 0 saturated heterocycles. The summed E-state index contributed by atoms with van der Waals surface area (Å²) in [5.74, 6) is 0.911. The number of ether oxygens (including phenoxy) is 1. The van der Waals surface area contributed by atoms with Crippen molar-refractivity contribution in [3.05, 3.63) is 58.1 Å². The highest BCUT2D eigenvalue weighted by molar-refractivity contribution is 6.74. The molecule has 7 heteroatoms. The smallest absolute Gasteiger partial charge is 0.419 e. The molecule has 0 bridgehead atoms. The summed E-state index contributed by atoms with van der Waals surface area (Å²) in [5.41, 5.74) is 1.08. The second-order valence-corrected chi connectivity index (χ2v) is 15.8. The maximum atomic E-state index is 12.9. The van der Waals surface area contributed by atoms with E-state index in [0.29, 0.717) is 28.2 Å². The van der Waals surface area contributed by atoms with Gasteiger partial charge in [0.05, 0.1) is 12.1 Å². The number of hydrogen-bond acceptors (Lipinski definition) is 5. The zero-order valence-electron chi connectivity index (χ0n) is 21.2. The molecule has 2 aromatic heterocycles. The van der Waals surface area contributed by atoms with Crippen LogP contribution in [0.25, 0.3) is 22.2 Å². The van der Waals surface area contributed by atoms with Crippen molar-refractivity contribution in [2.45, 2.75) is 78.8 Å². The zero-order valence-corrected chi connectivity index (χ0v) is 22.2. The van der Waals surface area contributed by atoms with Crippen LogP contribution in [0.4, 0.5) is 4.79 Å². The summed E-state index contributed by atoms with van der Waals surface area (Å²) in [6, 6.07) is 9.01. The summed E-state index contributed by atoms with van der Waals surface area (Å²) in [6.45, 7) is 18.3. The highest BCUT2D eigenvalue weighted by Crippen LogP contribution is 2.37. The van der Waals surface area contributed by atoms with Gasteiger partial charge in [-0.25, -0.2) is 4.79 Å². The fraction of sp³-hybridized carbons (Fsp3) is 0.462. The van der Waals surface area contributed by atoms with Gasteiger partial charge in [0.2, 0.25) is 0 Å². The van der Waals surface area contributed by atoms with Gasteiger partial charge in [0.1, 0.15) is 17.1 Å². The van der Waals surface area contributed by atoms with Gasteiger partial charge >= 0.3 is 6.09 Å². The van der Waals surface area contributed by atoms with Crippen molar-refractivity contribution in [3.63, 3.8) is 0 Å². The summed E-state index contributed by atoms with van der Waals surface area (Å²) >= 11 is 0. The van der Waals surface area contributed by atoms with Crippen molar-refractivity contribution in [3.8, 4) is 11.3 Å². The fourth-order valence-corrected chi connectivity index (χ4v) is 4.16. The lowest BCUT2D eigenvalue weighted by atomic mass is 10.1. The molecule has 0 amide bonds. The van der Waals surface area contributed by atoms with Crippen LogP contribution in [0.5, 0.6) is 0 Å². The standard InChI is InChI=1S/C26H35NO5Si/c1-17-22(28)14-18(16-30-33(8,9)26(5,6)7)31-23(17)20-15-27(24(29)32-25(2,3)4)21-13-11-10-12-19(20)21/h10-15H,16H2,1-9H3. The average Bonchev–Trinajstić information content (AvgIpc) is 3.06. The van der Waals surface area contributed by atoms with E-state index in [0.717, 1.165) is 5.39 Å². The first kappa shape index (κ1) is 25.0. The van der Waals surface area contributed by atoms with Gasteiger partial charge in [-0.05, 0) is 51.9 Å². The first-order valence-corrected chi connectivity index (χ1v) is 14.1. The Morgan fingerprint density at radius 1 is 1.09 bits per heavy atom. The quantitative estimate of drug-likeness (QED) is 0.390. The fourth-order valence-electron chi connectivity index (χ4n) is 3.22. The SMILES string of the molecule is Cc1c(-c2cn(C(=O)OC(C)(C)C)c3ccccc23)oc(CO[Si](C)(C)C(C)(C)C)cc1=O. The molecular formula is C26H35NO5Si. The second-order valence-electron chi connectivity index (χ2n) is 11.0. The van der Waals surface area contributed by atoms with Crippen molar-refractivity contribution >= 4 is 25.3 Å². The van der Waals surface area contributed by atoms with Gasteiger partial charge in [0.25, 0.3) is 0 Å². The Morgan fingerprint density at radius 2 is 1.73 bits per heavy atom. The normalized spacial score (nSPS) is 12.9. The molecule has 0 aliphatic carbocycles. The highest BCUT2D eigenvalue weighted by atomic mass is 28.4. The van der Waals surface area contributed by atoms with E-state index >= 15 is 0 Å². The summed E-state index contributed by atoms with van der Waals surface area (Å²) < 4.78 is 19.5. The van der Waals surface area contributed by atoms with E-state index in [4.69, 9.17) is 13.6 Å². The molecule has 0 spiro atoms. The number of benzene rings is 1. The van der Waals surface area contributed by atoms with Gasteiger partial charge in [-0.1, -0.05) is 39.0 Å². The van der Waals surface area contributed by atoms with Crippen LogP contribution in [0.3, 0.4) is 0 Å². The number of rotatable bonds is 4. The molecule has 0 aliphatic heterocycles. The second kappa shape index (κ2) is 8.61. The maximum absolute atomic E-state index is 12.9. The van der Waals surface area contributed by atoms with Crippen molar-refractivity contribution in [2.75, 3.05) is 0 Å². The van der Waals surface area contributed by atoms with E-state index in [1.165, 1.54) is 10.6 Å². The molecule has 0 saturated carbocycles.